The lowest BCUT2D eigenvalue weighted by Gasteiger charge is -2.18. The molecule has 1 rings (SSSR count). The minimum Gasteiger partial charge on any atom is -0.404 e. The summed E-state index contributed by atoms with van der Waals surface area (Å²) in [6.07, 6.45) is -7.44. The van der Waals surface area contributed by atoms with E-state index in [4.69, 9.17) is 5.73 Å². The molecule has 2 atom stereocenters. The number of halogens is 3. The third-order valence-corrected chi connectivity index (χ3v) is 2.53. The fraction of sp³-hybridized carbons (Fsp3) is 0.400. The molecule has 0 spiro atoms. The number of anilines is 1. The SMILES string of the molecule is Nc1ccc(C(O)C(O)CS)cc1OC(F)(F)F. The first-order valence-corrected chi connectivity index (χ1v) is 5.50. The van der Waals surface area contributed by atoms with Gasteiger partial charge in [0.1, 0.15) is 6.10 Å². The van der Waals surface area contributed by atoms with Crippen LogP contribution in [0.2, 0.25) is 0 Å². The van der Waals surface area contributed by atoms with Gasteiger partial charge < -0.3 is 20.7 Å². The van der Waals surface area contributed by atoms with Crippen molar-refractivity contribution in [2.75, 3.05) is 11.5 Å². The fourth-order valence-corrected chi connectivity index (χ4v) is 1.47. The van der Waals surface area contributed by atoms with Crippen LogP contribution in [0.3, 0.4) is 0 Å². The van der Waals surface area contributed by atoms with Gasteiger partial charge in [0.25, 0.3) is 0 Å². The van der Waals surface area contributed by atoms with Gasteiger partial charge in [-0.25, -0.2) is 0 Å². The van der Waals surface area contributed by atoms with E-state index in [1.807, 2.05) is 0 Å². The van der Waals surface area contributed by atoms with Gasteiger partial charge in [-0.15, -0.1) is 13.2 Å². The minimum atomic E-state index is -4.88. The smallest absolute Gasteiger partial charge is 0.404 e. The summed E-state index contributed by atoms with van der Waals surface area (Å²) in [5.41, 5.74) is 5.16. The largest absolute Gasteiger partial charge is 0.573 e. The molecule has 0 aromatic heterocycles. The van der Waals surface area contributed by atoms with Gasteiger partial charge in [-0.1, -0.05) is 6.07 Å². The quantitative estimate of drug-likeness (QED) is 0.499. The van der Waals surface area contributed by atoms with Crippen LogP contribution < -0.4 is 10.5 Å². The molecule has 1 aromatic rings. The Morgan fingerprint density at radius 2 is 1.94 bits per heavy atom. The Labute approximate surface area is 107 Å². The number of thiol groups is 1. The van der Waals surface area contributed by atoms with Gasteiger partial charge in [-0.3, -0.25) is 0 Å². The Morgan fingerprint density at radius 3 is 2.44 bits per heavy atom. The maximum Gasteiger partial charge on any atom is 0.573 e. The summed E-state index contributed by atoms with van der Waals surface area (Å²) in [6, 6.07) is 3.39. The van der Waals surface area contributed by atoms with Crippen LogP contribution in [-0.4, -0.2) is 28.4 Å². The Balaban J connectivity index is 3.00. The van der Waals surface area contributed by atoms with Crippen molar-refractivity contribution in [3.05, 3.63) is 23.8 Å². The minimum absolute atomic E-state index is 0.0407. The summed E-state index contributed by atoms with van der Waals surface area (Å²) in [5.74, 6) is -0.661. The highest BCUT2D eigenvalue weighted by Gasteiger charge is 2.32. The summed E-state index contributed by atoms with van der Waals surface area (Å²) in [7, 11) is 0. The van der Waals surface area contributed by atoms with Crippen molar-refractivity contribution in [2.45, 2.75) is 18.6 Å². The monoisotopic (exact) mass is 283 g/mol. The molecule has 18 heavy (non-hydrogen) atoms. The van der Waals surface area contributed by atoms with Gasteiger partial charge in [0.05, 0.1) is 11.8 Å². The van der Waals surface area contributed by atoms with Crippen molar-refractivity contribution in [2.24, 2.45) is 0 Å². The molecule has 0 fully saturated rings. The average Bonchev–Trinajstić information content (AvgIpc) is 2.28. The van der Waals surface area contributed by atoms with Gasteiger partial charge in [-0.05, 0) is 17.7 Å². The van der Waals surface area contributed by atoms with Crippen LogP contribution >= 0.6 is 12.6 Å². The van der Waals surface area contributed by atoms with Gasteiger partial charge in [0, 0.05) is 5.75 Å². The van der Waals surface area contributed by atoms with Crippen molar-refractivity contribution >= 4 is 18.3 Å². The predicted molar refractivity (Wildman–Crippen MR) is 62.4 cm³/mol. The molecule has 0 aliphatic rings. The van der Waals surface area contributed by atoms with Gasteiger partial charge in [0.15, 0.2) is 5.75 Å². The first kappa shape index (κ1) is 14.9. The second kappa shape index (κ2) is 5.68. The second-order valence-corrected chi connectivity index (χ2v) is 3.90. The number of aliphatic hydroxyl groups excluding tert-OH is 2. The molecule has 0 heterocycles. The van der Waals surface area contributed by atoms with E-state index >= 15 is 0 Å². The Morgan fingerprint density at radius 1 is 1.33 bits per heavy atom. The lowest BCUT2D eigenvalue weighted by Crippen LogP contribution is -2.21. The zero-order chi connectivity index (χ0) is 13.9. The van der Waals surface area contributed by atoms with Crippen LogP contribution in [-0.2, 0) is 0 Å². The van der Waals surface area contributed by atoms with Crippen molar-refractivity contribution in [3.63, 3.8) is 0 Å². The van der Waals surface area contributed by atoms with Crippen molar-refractivity contribution < 1.29 is 28.1 Å². The van der Waals surface area contributed by atoms with Crippen LogP contribution in [0.25, 0.3) is 0 Å². The van der Waals surface area contributed by atoms with Gasteiger partial charge in [-0.2, -0.15) is 12.6 Å². The van der Waals surface area contributed by atoms with Gasteiger partial charge in [0.2, 0.25) is 0 Å². The number of ether oxygens (including phenoxy) is 1. The third kappa shape index (κ3) is 3.97. The highest BCUT2D eigenvalue weighted by atomic mass is 32.1. The van der Waals surface area contributed by atoms with Gasteiger partial charge >= 0.3 is 6.36 Å². The first-order valence-electron chi connectivity index (χ1n) is 4.86. The zero-order valence-electron chi connectivity index (χ0n) is 9.05. The number of hydrogen-bond donors (Lipinski definition) is 4. The summed E-state index contributed by atoms with van der Waals surface area (Å²) in [5, 5.41) is 19.0. The molecule has 0 amide bonds. The number of nitrogen functional groups attached to an aromatic ring is 1. The molecule has 0 aliphatic heterocycles. The molecule has 0 radical (unpaired) electrons. The number of nitrogens with two attached hydrogens (primary N) is 1. The molecule has 0 aliphatic carbocycles. The average molecular weight is 283 g/mol. The van der Waals surface area contributed by atoms with E-state index in [-0.39, 0.29) is 17.0 Å². The van der Waals surface area contributed by atoms with E-state index in [0.29, 0.717) is 0 Å². The van der Waals surface area contributed by atoms with Crippen molar-refractivity contribution in [1.82, 2.24) is 0 Å². The molecule has 0 saturated carbocycles. The summed E-state index contributed by atoms with van der Waals surface area (Å²) in [4.78, 5) is 0. The third-order valence-electron chi connectivity index (χ3n) is 2.16. The molecule has 4 nitrogen and oxygen atoms in total. The van der Waals surface area contributed by atoms with Crippen LogP contribution in [0, 0.1) is 0 Å². The number of hydrogen-bond acceptors (Lipinski definition) is 5. The molecule has 102 valence electrons. The molecule has 4 N–H and O–H groups in total. The maximum absolute atomic E-state index is 12.1. The Bertz CT molecular complexity index is 414. The summed E-state index contributed by atoms with van der Waals surface area (Å²) < 4.78 is 39.9. The highest BCUT2D eigenvalue weighted by molar-refractivity contribution is 7.80. The van der Waals surface area contributed by atoms with Crippen molar-refractivity contribution in [1.29, 1.82) is 0 Å². The number of benzene rings is 1. The van der Waals surface area contributed by atoms with Crippen LogP contribution in [0.1, 0.15) is 11.7 Å². The Hall–Kier alpha value is -1.12. The summed E-state index contributed by atoms with van der Waals surface area (Å²) in [6.45, 7) is 0. The van der Waals surface area contributed by atoms with E-state index in [0.717, 1.165) is 12.1 Å². The summed E-state index contributed by atoms with van der Waals surface area (Å²) >= 11 is 3.77. The number of aliphatic hydroxyl groups is 2. The van der Waals surface area contributed by atoms with E-state index in [1.54, 1.807) is 0 Å². The van der Waals surface area contributed by atoms with E-state index in [9.17, 15) is 23.4 Å². The molecule has 2 unspecified atom stereocenters. The number of alkyl halides is 3. The molecule has 1 aromatic carbocycles. The molecular weight excluding hydrogens is 271 g/mol. The molecular formula is C10H12F3NO3S. The first-order chi connectivity index (χ1) is 8.24. The van der Waals surface area contributed by atoms with E-state index in [2.05, 4.69) is 17.4 Å². The van der Waals surface area contributed by atoms with Crippen LogP contribution in [0.4, 0.5) is 18.9 Å². The highest BCUT2D eigenvalue weighted by Crippen LogP contribution is 2.31. The molecule has 0 saturated heterocycles. The number of rotatable bonds is 4. The maximum atomic E-state index is 12.1. The van der Waals surface area contributed by atoms with Crippen LogP contribution in [0.15, 0.2) is 18.2 Å². The van der Waals surface area contributed by atoms with Crippen molar-refractivity contribution in [3.8, 4) is 5.75 Å². The van der Waals surface area contributed by atoms with E-state index in [1.165, 1.54) is 6.07 Å². The lowest BCUT2D eigenvalue weighted by atomic mass is 10.0. The zero-order valence-corrected chi connectivity index (χ0v) is 9.95. The normalized spacial score (nSPS) is 15.2. The predicted octanol–water partition coefficient (Wildman–Crippen LogP) is 1.49. The standard InChI is InChI=1S/C10H12F3NO3S/c11-10(12,13)17-8-3-5(1-2-6(8)14)9(16)7(15)4-18/h1-3,7,9,15-16,18H,4,14H2. The van der Waals surface area contributed by atoms with Crippen LogP contribution in [0.5, 0.6) is 5.75 Å². The Kier molecular flexibility index (Phi) is 4.71. The fourth-order valence-electron chi connectivity index (χ4n) is 1.27. The second-order valence-electron chi connectivity index (χ2n) is 3.54. The van der Waals surface area contributed by atoms with E-state index < -0.39 is 24.3 Å². The topological polar surface area (TPSA) is 75.7 Å². The lowest BCUT2D eigenvalue weighted by molar-refractivity contribution is -0.274. The molecule has 8 heteroatoms. The molecule has 0 bridgehead atoms.